The molecule has 0 aliphatic heterocycles. The van der Waals surface area contributed by atoms with Gasteiger partial charge >= 0.3 is 0 Å². The van der Waals surface area contributed by atoms with Crippen molar-refractivity contribution in [2.75, 3.05) is 26.2 Å². The Balaban J connectivity index is 2.25. The number of hydrogen-bond acceptors (Lipinski definition) is 3. The summed E-state index contributed by atoms with van der Waals surface area (Å²) in [5, 5.41) is 6.75. The van der Waals surface area contributed by atoms with Crippen LogP contribution in [-0.4, -0.2) is 26.2 Å². The molecule has 1 aromatic carbocycles. The summed E-state index contributed by atoms with van der Waals surface area (Å²) in [6.45, 7) is 8.91. The molecule has 0 aromatic heterocycles. The summed E-state index contributed by atoms with van der Waals surface area (Å²) in [6, 6.07) is 8.21. The van der Waals surface area contributed by atoms with Crippen LogP contribution in [0, 0.1) is 0 Å². The molecule has 0 radical (unpaired) electrons. The lowest BCUT2D eigenvalue weighted by atomic mass is 10.2. The summed E-state index contributed by atoms with van der Waals surface area (Å²) >= 11 is 0. The average Bonchev–Trinajstić information content (AvgIpc) is 2.36. The summed E-state index contributed by atoms with van der Waals surface area (Å²) in [4.78, 5) is 0. The lowest BCUT2D eigenvalue weighted by Crippen LogP contribution is -2.21. The fourth-order valence-corrected chi connectivity index (χ4v) is 1.68. The van der Waals surface area contributed by atoms with E-state index in [0.29, 0.717) is 0 Å². The van der Waals surface area contributed by atoms with E-state index in [9.17, 15) is 0 Å². The molecule has 0 saturated heterocycles. The number of hydrogen-bond donors (Lipinski definition) is 2. The van der Waals surface area contributed by atoms with E-state index in [1.807, 2.05) is 19.1 Å². The normalized spacial score (nSPS) is 10.5. The molecule has 96 valence electrons. The van der Waals surface area contributed by atoms with E-state index < -0.39 is 0 Å². The van der Waals surface area contributed by atoms with Crippen LogP contribution in [0.15, 0.2) is 24.3 Å². The van der Waals surface area contributed by atoms with Crippen molar-refractivity contribution in [2.24, 2.45) is 0 Å². The quantitative estimate of drug-likeness (QED) is 0.645. The van der Waals surface area contributed by atoms with E-state index >= 15 is 0 Å². The van der Waals surface area contributed by atoms with E-state index in [4.69, 9.17) is 4.74 Å². The Morgan fingerprint density at radius 2 is 1.82 bits per heavy atom. The maximum atomic E-state index is 5.58. The van der Waals surface area contributed by atoms with Crippen LogP contribution in [0.2, 0.25) is 0 Å². The van der Waals surface area contributed by atoms with Crippen molar-refractivity contribution in [2.45, 2.75) is 26.8 Å². The van der Waals surface area contributed by atoms with Gasteiger partial charge in [-0.2, -0.15) is 0 Å². The topological polar surface area (TPSA) is 33.3 Å². The van der Waals surface area contributed by atoms with Crippen molar-refractivity contribution in [3.8, 4) is 5.75 Å². The number of para-hydroxylation sites is 1. The first kappa shape index (κ1) is 14.0. The molecule has 0 heterocycles. The number of rotatable bonds is 9. The molecule has 0 fully saturated rings. The first-order valence-electron chi connectivity index (χ1n) is 6.50. The summed E-state index contributed by atoms with van der Waals surface area (Å²) in [5.74, 6) is 0.995. The van der Waals surface area contributed by atoms with E-state index in [0.717, 1.165) is 45.0 Å². The van der Waals surface area contributed by atoms with Crippen molar-refractivity contribution in [1.29, 1.82) is 0 Å². The second kappa shape index (κ2) is 9.02. The monoisotopic (exact) mass is 236 g/mol. The SMILES string of the molecule is CCNCCCNCc1ccccc1OCC. The van der Waals surface area contributed by atoms with Crippen LogP contribution in [0.3, 0.4) is 0 Å². The summed E-state index contributed by atoms with van der Waals surface area (Å²) < 4.78 is 5.58. The van der Waals surface area contributed by atoms with Crippen molar-refractivity contribution in [1.82, 2.24) is 10.6 Å². The molecule has 0 aliphatic carbocycles. The lowest BCUT2D eigenvalue weighted by Gasteiger charge is -2.10. The van der Waals surface area contributed by atoms with Crippen molar-refractivity contribution < 1.29 is 4.74 Å². The lowest BCUT2D eigenvalue weighted by molar-refractivity contribution is 0.335. The fraction of sp³-hybridized carbons (Fsp3) is 0.571. The van der Waals surface area contributed by atoms with Gasteiger partial charge < -0.3 is 15.4 Å². The minimum absolute atomic E-state index is 0.720. The third-order valence-corrected chi connectivity index (χ3v) is 2.55. The maximum Gasteiger partial charge on any atom is 0.123 e. The molecular weight excluding hydrogens is 212 g/mol. The maximum absolute atomic E-state index is 5.58. The second-order valence-corrected chi connectivity index (χ2v) is 3.92. The molecule has 2 N–H and O–H groups in total. The molecule has 3 nitrogen and oxygen atoms in total. The molecule has 1 rings (SSSR count). The molecule has 0 saturated carbocycles. The Bertz CT molecular complexity index is 302. The van der Waals surface area contributed by atoms with Gasteiger partial charge in [-0.25, -0.2) is 0 Å². The van der Waals surface area contributed by atoms with E-state index in [2.05, 4.69) is 29.7 Å². The highest BCUT2D eigenvalue weighted by molar-refractivity contribution is 5.33. The van der Waals surface area contributed by atoms with Gasteiger partial charge in [-0.05, 0) is 39.0 Å². The third kappa shape index (κ3) is 5.71. The summed E-state index contributed by atoms with van der Waals surface area (Å²) in [6.07, 6.45) is 1.16. The van der Waals surface area contributed by atoms with E-state index in [1.54, 1.807) is 0 Å². The molecule has 3 heteroatoms. The zero-order chi connectivity index (χ0) is 12.3. The molecular formula is C14H24N2O. The van der Waals surface area contributed by atoms with E-state index in [-0.39, 0.29) is 0 Å². The van der Waals surface area contributed by atoms with Gasteiger partial charge in [-0.3, -0.25) is 0 Å². The summed E-state index contributed by atoms with van der Waals surface area (Å²) in [5.41, 5.74) is 1.23. The third-order valence-electron chi connectivity index (χ3n) is 2.55. The van der Waals surface area contributed by atoms with Crippen molar-refractivity contribution >= 4 is 0 Å². The van der Waals surface area contributed by atoms with Gasteiger partial charge in [0, 0.05) is 12.1 Å². The standard InChI is InChI=1S/C14H24N2O/c1-3-15-10-7-11-16-12-13-8-5-6-9-14(13)17-4-2/h5-6,8-9,15-16H,3-4,7,10-12H2,1-2H3. The Morgan fingerprint density at radius 3 is 2.59 bits per heavy atom. The Labute approximate surface area is 105 Å². The summed E-state index contributed by atoms with van der Waals surface area (Å²) in [7, 11) is 0. The van der Waals surface area contributed by atoms with Crippen LogP contribution in [0.1, 0.15) is 25.8 Å². The Morgan fingerprint density at radius 1 is 1.06 bits per heavy atom. The van der Waals surface area contributed by atoms with Crippen molar-refractivity contribution in [3.05, 3.63) is 29.8 Å². The smallest absolute Gasteiger partial charge is 0.123 e. The number of nitrogens with one attached hydrogen (secondary N) is 2. The van der Waals surface area contributed by atoms with Crippen molar-refractivity contribution in [3.63, 3.8) is 0 Å². The minimum Gasteiger partial charge on any atom is -0.494 e. The molecule has 1 aromatic rings. The minimum atomic E-state index is 0.720. The molecule has 0 bridgehead atoms. The number of ether oxygens (including phenoxy) is 1. The van der Waals surface area contributed by atoms with Gasteiger partial charge in [0.25, 0.3) is 0 Å². The van der Waals surface area contributed by atoms with Crippen LogP contribution < -0.4 is 15.4 Å². The molecule has 0 atom stereocenters. The Hall–Kier alpha value is -1.06. The Kier molecular flexibility index (Phi) is 7.43. The fourth-order valence-electron chi connectivity index (χ4n) is 1.68. The van der Waals surface area contributed by atoms with Gasteiger partial charge in [-0.15, -0.1) is 0 Å². The molecule has 0 amide bonds. The van der Waals surface area contributed by atoms with Crippen LogP contribution >= 0.6 is 0 Å². The van der Waals surface area contributed by atoms with Gasteiger partial charge in [0.05, 0.1) is 6.61 Å². The van der Waals surface area contributed by atoms with Gasteiger partial charge in [0.15, 0.2) is 0 Å². The first-order valence-corrected chi connectivity index (χ1v) is 6.50. The predicted molar refractivity (Wildman–Crippen MR) is 72.5 cm³/mol. The van der Waals surface area contributed by atoms with Crippen LogP contribution in [0.4, 0.5) is 0 Å². The molecule has 0 aliphatic rings. The highest BCUT2D eigenvalue weighted by atomic mass is 16.5. The second-order valence-electron chi connectivity index (χ2n) is 3.92. The van der Waals surface area contributed by atoms with E-state index in [1.165, 1.54) is 5.56 Å². The van der Waals surface area contributed by atoms with Crippen LogP contribution in [0.25, 0.3) is 0 Å². The molecule has 0 spiro atoms. The van der Waals surface area contributed by atoms with Gasteiger partial charge in [0.2, 0.25) is 0 Å². The average molecular weight is 236 g/mol. The molecule has 0 unspecified atom stereocenters. The number of benzene rings is 1. The highest BCUT2D eigenvalue weighted by Gasteiger charge is 2.00. The molecule has 17 heavy (non-hydrogen) atoms. The highest BCUT2D eigenvalue weighted by Crippen LogP contribution is 2.17. The zero-order valence-corrected chi connectivity index (χ0v) is 11.0. The van der Waals surface area contributed by atoms with Gasteiger partial charge in [-0.1, -0.05) is 25.1 Å². The van der Waals surface area contributed by atoms with Gasteiger partial charge in [0.1, 0.15) is 5.75 Å². The van der Waals surface area contributed by atoms with Crippen LogP contribution in [0.5, 0.6) is 5.75 Å². The predicted octanol–water partition coefficient (Wildman–Crippen LogP) is 2.17. The zero-order valence-electron chi connectivity index (χ0n) is 11.0. The first-order chi connectivity index (χ1) is 8.38. The largest absolute Gasteiger partial charge is 0.494 e. The van der Waals surface area contributed by atoms with Crippen LogP contribution in [-0.2, 0) is 6.54 Å².